The van der Waals surface area contributed by atoms with Crippen LogP contribution in [0.25, 0.3) is 9.81 Å². The highest BCUT2D eigenvalue weighted by Gasteiger charge is 2.40. The summed E-state index contributed by atoms with van der Waals surface area (Å²) in [5, 5.41) is 20.1. The first kappa shape index (κ1) is 13.5. The molecular formula is C16H12O4S. The van der Waals surface area contributed by atoms with Crippen LogP contribution in [0.2, 0.25) is 0 Å². The summed E-state index contributed by atoms with van der Waals surface area (Å²) in [6.07, 6.45) is 0. The molecule has 0 aliphatic carbocycles. The Bertz CT molecular complexity index is 780. The topological polar surface area (TPSA) is 74.6 Å². The maximum Gasteiger partial charge on any atom is 0.215 e. The fourth-order valence-electron chi connectivity index (χ4n) is 2.33. The lowest BCUT2D eigenvalue weighted by atomic mass is 10.1. The summed E-state index contributed by atoms with van der Waals surface area (Å²) in [5.74, 6) is -1.22. The van der Waals surface area contributed by atoms with Crippen LogP contribution in [0.1, 0.15) is 11.1 Å². The van der Waals surface area contributed by atoms with Gasteiger partial charge in [-0.15, -0.1) is 0 Å². The zero-order valence-corrected chi connectivity index (χ0v) is 11.7. The minimum atomic E-state index is -3.97. The maximum atomic E-state index is 12.7. The summed E-state index contributed by atoms with van der Waals surface area (Å²) in [5.41, 5.74) is 0.681. The second kappa shape index (κ2) is 4.79. The third-order valence-corrected chi connectivity index (χ3v) is 5.20. The quantitative estimate of drug-likeness (QED) is 0.892. The number of benzene rings is 2. The molecule has 4 nitrogen and oxygen atoms in total. The van der Waals surface area contributed by atoms with E-state index in [1.54, 1.807) is 60.7 Å². The Labute approximate surface area is 122 Å². The summed E-state index contributed by atoms with van der Waals surface area (Å²) >= 11 is 0. The van der Waals surface area contributed by atoms with Crippen molar-refractivity contribution in [3.63, 3.8) is 0 Å². The van der Waals surface area contributed by atoms with Crippen molar-refractivity contribution in [2.24, 2.45) is 0 Å². The van der Waals surface area contributed by atoms with Crippen molar-refractivity contribution in [2.45, 2.75) is 0 Å². The van der Waals surface area contributed by atoms with Gasteiger partial charge in [0.05, 0.1) is 0 Å². The molecule has 2 N–H and O–H groups in total. The summed E-state index contributed by atoms with van der Waals surface area (Å²) in [6, 6.07) is 16.5. The molecule has 2 aromatic rings. The van der Waals surface area contributed by atoms with Crippen LogP contribution in [-0.4, -0.2) is 18.6 Å². The molecule has 1 heterocycles. The predicted octanol–water partition coefficient (Wildman–Crippen LogP) is 3.27. The van der Waals surface area contributed by atoms with Crippen molar-refractivity contribution in [1.29, 1.82) is 0 Å². The van der Waals surface area contributed by atoms with Crippen molar-refractivity contribution in [1.82, 2.24) is 0 Å². The standard InChI is InChI=1S/C16H12O4S/c17-13-14(18)16(12-9-5-2-6-10-12)21(19,20)15(13)11-7-3-1-4-8-11/h1-10,17-18H. The maximum absolute atomic E-state index is 12.7. The first-order valence-corrected chi connectivity index (χ1v) is 7.74. The Balaban J connectivity index is 2.23. The lowest BCUT2D eigenvalue weighted by molar-refractivity contribution is 0.334. The van der Waals surface area contributed by atoms with Gasteiger partial charge in [0.25, 0.3) is 0 Å². The molecule has 2 aromatic carbocycles. The third kappa shape index (κ3) is 2.02. The molecule has 1 aliphatic heterocycles. The van der Waals surface area contributed by atoms with Crippen molar-refractivity contribution in [2.75, 3.05) is 0 Å². The van der Waals surface area contributed by atoms with Gasteiger partial charge in [-0.3, -0.25) is 0 Å². The normalized spacial score (nSPS) is 17.3. The molecular weight excluding hydrogens is 288 g/mol. The fourth-order valence-corrected chi connectivity index (χ4v) is 4.13. The summed E-state index contributed by atoms with van der Waals surface area (Å²) in [4.78, 5) is -0.529. The van der Waals surface area contributed by atoms with E-state index in [0.29, 0.717) is 11.1 Å². The first-order chi connectivity index (χ1) is 10.0. The van der Waals surface area contributed by atoms with Gasteiger partial charge in [-0.2, -0.15) is 0 Å². The molecule has 21 heavy (non-hydrogen) atoms. The molecule has 0 radical (unpaired) electrons. The van der Waals surface area contributed by atoms with Gasteiger partial charge in [-0.05, 0) is 11.1 Å². The molecule has 106 valence electrons. The number of rotatable bonds is 2. The molecule has 0 spiro atoms. The van der Waals surface area contributed by atoms with Gasteiger partial charge in [-0.25, -0.2) is 8.42 Å². The molecule has 0 saturated carbocycles. The van der Waals surface area contributed by atoms with Crippen LogP contribution in [0.4, 0.5) is 0 Å². The predicted molar refractivity (Wildman–Crippen MR) is 80.9 cm³/mol. The third-order valence-electron chi connectivity index (χ3n) is 3.26. The lowest BCUT2D eigenvalue weighted by Crippen LogP contribution is -2.03. The van der Waals surface area contributed by atoms with Crippen molar-refractivity contribution >= 4 is 19.6 Å². The molecule has 0 fully saturated rings. The Morgan fingerprint density at radius 2 is 0.952 bits per heavy atom. The zero-order chi connectivity index (χ0) is 15.0. The fraction of sp³-hybridized carbons (Fsp3) is 0. The van der Waals surface area contributed by atoms with Gasteiger partial charge in [0, 0.05) is 0 Å². The van der Waals surface area contributed by atoms with Crippen LogP contribution < -0.4 is 0 Å². The van der Waals surface area contributed by atoms with E-state index in [2.05, 4.69) is 0 Å². The van der Waals surface area contributed by atoms with Crippen LogP contribution in [0.3, 0.4) is 0 Å². The number of sulfone groups is 1. The molecule has 3 rings (SSSR count). The Morgan fingerprint density at radius 3 is 1.29 bits per heavy atom. The number of hydrogen-bond donors (Lipinski definition) is 2. The summed E-state index contributed by atoms with van der Waals surface area (Å²) in [6.45, 7) is 0. The number of hydrogen-bond acceptors (Lipinski definition) is 4. The lowest BCUT2D eigenvalue weighted by Gasteiger charge is -2.06. The van der Waals surface area contributed by atoms with E-state index in [4.69, 9.17) is 0 Å². The average molecular weight is 300 g/mol. The van der Waals surface area contributed by atoms with Crippen LogP contribution in [0.5, 0.6) is 0 Å². The van der Waals surface area contributed by atoms with Gasteiger partial charge in [0.2, 0.25) is 9.84 Å². The highest BCUT2D eigenvalue weighted by atomic mass is 32.2. The van der Waals surface area contributed by atoms with Gasteiger partial charge in [-0.1, -0.05) is 60.7 Å². The first-order valence-electron chi connectivity index (χ1n) is 6.26. The second-order valence-corrected chi connectivity index (χ2v) is 6.41. The van der Waals surface area contributed by atoms with E-state index < -0.39 is 21.4 Å². The molecule has 0 atom stereocenters. The molecule has 0 unspecified atom stereocenters. The SMILES string of the molecule is O=S1(=O)C(c2ccccc2)=C(O)C(O)=C1c1ccccc1. The van der Waals surface area contributed by atoms with Gasteiger partial charge < -0.3 is 10.2 Å². The largest absolute Gasteiger partial charge is 0.503 e. The average Bonchev–Trinajstić information content (AvgIpc) is 2.66. The van der Waals surface area contributed by atoms with Crippen LogP contribution in [0, 0.1) is 0 Å². The van der Waals surface area contributed by atoms with E-state index in [-0.39, 0.29) is 9.81 Å². The minimum Gasteiger partial charge on any atom is -0.503 e. The van der Waals surface area contributed by atoms with Crippen molar-refractivity contribution in [3.05, 3.63) is 83.3 Å². The van der Waals surface area contributed by atoms with Gasteiger partial charge in [0.1, 0.15) is 9.81 Å². The second-order valence-electron chi connectivity index (χ2n) is 4.59. The molecule has 0 aromatic heterocycles. The smallest absolute Gasteiger partial charge is 0.215 e. The zero-order valence-electron chi connectivity index (χ0n) is 10.9. The summed E-state index contributed by atoms with van der Waals surface area (Å²) < 4.78 is 25.4. The Morgan fingerprint density at radius 1 is 0.619 bits per heavy atom. The van der Waals surface area contributed by atoms with Crippen LogP contribution >= 0.6 is 0 Å². The number of aliphatic hydroxyl groups excluding tert-OH is 2. The highest BCUT2D eigenvalue weighted by molar-refractivity contribution is 8.09. The minimum absolute atomic E-state index is 0.264. The van der Waals surface area contributed by atoms with E-state index in [1.807, 2.05) is 0 Å². The van der Waals surface area contributed by atoms with E-state index >= 15 is 0 Å². The van der Waals surface area contributed by atoms with E-state index in [9.17, 15) is 18.6 Å². The van der Waals surface area contributed by atoms with E-state index in [1.165, 1.54) is 0 Å². The van der Waals surface area contributed by atoms with Crippen LogP contribution in [0.15, 0.2) is 72.2 Å². The van der Waals surface area contributed by atoms with Gasteiger partial charge >= 0.3 is 0 Å². The van der Waals surface area contributed by atoms with Crippen molar-refractivity contribution in [3.8, 4) is 0 Å². The monoisotopic (exact) mass is 300 g/mol. The number of aliphatic hydroxyl groups is 2. The Kier molecular flexibility index (Phi) is 3.07. The highest BCUT2D eigenvalue weighted by Crippen LogP contribution is 2.43. The molecule has 1 aliphatic rings. The molecule has 0 saturated heterocycles. The molecule has 0 amide bonds. The molecule has 0 bridgehead atoms. The summed E-state index contributed by atoms with van der Waals surface area (Å²) in [7, 11) is -3.97. The van der Waals surface area contributed by atoms with Gasteiger partial charge in [0.15, 0.2) is 11.5 Å². The van der Waals surface area contributed by atoms with Crippen molar-refractivity contribution < 1.29 is 18.6 Å². The Hall–Kier alpha value is -2.53. The van der Waals surface area contributed by atoms with E-state index in [0.717, 1.165) is 0 Å². The molecule has 5 heteroatoms. The van der Waals surface area contributed by atoms with Crippen LogP contribution in [-0.2, 0) is 9.84 Å².